The van der Waals surface area contributed by atoms with E-state index in [4.69, 9.17) is 11.6 Å². The van der Waals surface area contributed by atoms with Gasteiger partial charge in [0, 0.05) is 30.1 Å². The molecule has 2 rings (SSSR count). The number of likely N-dealkylation sites (tertiary alicyclic amines) is 1. The molecule has 1 N–H and O–H groups in total. The van der Waals surface area contributed by atoms with Gasteiger partial charge >= 0.3 is 6.03 Å². The Morgan fingerprint density at radius 3 is 2.65 bits per heavy atom. The number of rotatable bonds is 2. The molecule has 0 spiro atoms. The fourth-order valence-electron chi connectivity index (χ4n) is 2.67. The molecule has 110 valence electrons. The molecule has 0 bridgehead atoms. The van der Waals surface area contributed by atoms with Crippen LogP contribution in [0.4, 0.5) is 4.79 Å². The summed E-state index contributed by atoms with van der Waals surface area (Å²) in [5, 5.41) is 3.75. The molecule has 1 heterocycles. The van der Waals surface area contributed by atoms with Gasteiger partial charge in [0.1, 0.15) is 0 Å². The lowest BCUT2D eigenvalue weighted by molar-refractivity contribution is 0.195. The fourth-order valence-corrected chi connectivity index (χ4v) is 2.80. The Hall–Kier alpha value is -1.22. The first-order valence-corrected chi connectivity index (χ1v) is 7.75. The van der Waals surface area contributed by atoms with Crippen molar-refractivity contribution in [3.05, 3.63) is 34.9 Å². The van der Waals surface area contributed by atoms with E-state index >= 15 is 0 Å². The fraction of sp³-hybridized carbons (Fsp3) is 0.562. The topological polar surface area (TPSA) is 32.3 Å². The Morgan fingerprint density at radius 1 is 1.30 bits per heavy atom. The number of carbonyl (C=O) groups is 1. The molecule has 20 heavy (non-hydrogen) atoms. The molecule has 0 radical (unpaired) electrons. The lowest BCUT2D eigenvalue weighted by Crippen LogP contribution is -2.44. The molecular weight excluding hydrogens is 272 g/mol. The van der Waals surface area contributed by atoms with Gasteiger partial charge in [0.2, 0.25) is 0 Å². The zero-order valence-corrected chi connectivity index (χ0v) is 13.0. The van der Waals surface area contributed by atoms with Crippen molar-refractivity contribution in [3.63, 3.8) is 0 Å². The molecule has 1 aliphatic rings. The Morgan fingerprint density at radius 2 is 2.00 bits per heavy atom. The zero-order valence-electron chi connectivity index (χ0n) is 12.2. The molecule has 1 aromatic rings. The van der Waals surface area contributed by atoms with Crippen LogP contribution in [-0.4, -0.2) is 30.1 Å². The number of nitrogens with zero attached hydrogens (tertiary/aromatic N) is 1. The number of amides is 2. The van der Waals surface area contributed by atoms with Crippen molar-refractivity contribution in [2.45, 2.75) is 45.1 Å². The van der Waals surface area contributed by atoms with Crippen LogP contribution >= 0.6 is 11.6 Å². The highest BCUT2D eigenvalue weighted by Gasteiger charge is 2.23. The molecule has 2 amide bonds. The third kappa shape index (κ3) is 4.14. The highest BCUT2D eigenvalue weighted by atomic mass is 35.5. The minimum atomic E-state index is 0.0564. The van der Waals surface area contributed by atoms with E-state index in [0.29, 0.717) is 5.92 Å². The van der Waals surface area contributed by atoms with E-state index in [1.807, 2.05) is 30.9 Å². The molecule has 0 aromatic heterocycles. The predicted octanol–water partition coefficient (Wildman–Crippen LogP) is 4.03. The van der Waals surface area contributed by atoms with Gasteiger partial charge in [0.05, 0.1) is 0 Å². The average molecular weight is 295 g/mol. The molecule has 1 atom stereocenters. The first-order valence-electron chi connectivity index (χ1n) is 7.37. The molecule has 1 aliphatic heterocycles. The molecule has 0 saturated carbocycles. The van der Waals surface area contributed by atoms with Crippen LogP contribution in [0.2, 0.25) is 5.02 Å². The van der Waals surface area contributed by atoms with Crippen molar-refractivity contribution < 1.29 is 4.79 Å². The molecule has 3 nitrogen and oxygen atoms in total. The summed E-state index contributed by atoms with van der Waals surface area (Å²) in [6.45, 7) is 5.63. The van der Waals surface area contributed by atoms with E-state index in [1.54, 1.807) is 0 Å². The van der Waals surface area contributed by atoms with E-state index in [1.165, 1.54) is 12.0 Å². The quantitative estimate of drug-likeness (QED) is 0.877. The number of benzene rings is 1. The van der Waals surface area contributed by atoms with Crippen LogP contribution in [0.5, 0.6) is 0 Å². The number of nitrogens with one attached hydrogen (secondary N) is 1. The summed E-state index contributed by atoms with van der Waals surface area (Å²) in [4.78, 5) is 14.1. The van der Waals surface area contributed by atoms with E-state index in [2.05, 4.69) is 17.4 Å². The van der Waals surface area contributed by atoms with Crippen molar-refractivity contribution in [1.82, 2.24) is 10.2 Å². The first kappa shape index (κ1) is 15.2. The van der Waals surface area contributed by atoms with E-state index in [0.717, 1.165) is 31.0 Å². The van der Waals surface area contributed by atoms with Crippen LogP contribution in [0.25, 0.3) is 0 Å². The maximum atomic E-state index is 12.2. The normalized spacial score (nSPS) is 19.8. The molecule has 1 aromatic carbocycles. The lowest BCUT2D eigenvalue weighted by Gasteiger charge is -2.26. The second-order valence-corrected chi connectivity index (χ2v) is 6.23. The van der Waals surface area contributed by atoms with Crippen LogP contribution in [-0.2, 0) is 0 Å². The van der Waals surface area contributed by atoms with Gasteiger partial charge in [-0.3, -0.25) is 0 Å². The van der Waals surface area contributed by atoms with Crippen LogP contribution in [0, 0.1) is 0 Å². The monoisotopic (exact) mass is 294 g/mol. The summed E-state index contributed by atoms with van der Waals surface area (Å²) in [5.74, 6) is 0.410. The summed E-state index contributed by atoms with van der Waals surface area (Å²) in [6.07, 6.45) is 3.38. The second kappa shape index (κ2) is 6.98. The Balaban J connectivity index is 2.06. The van der Waals surface area contributed by atoms with Gasteiger partial charge in [0.25, 0.3) is 0 Å². The minimum Gasteiger partial charge on any atom is -0.336 e. The largest absolute Gasteiger partial charge is 0.336 e. The summed E-state index contributed by atoms with van der Waals surface area (Å²) in [7, 11) is 0. The van der Waals surface area contributed by atoms with Crippen LogP contribution in [0.15, 0.2) is 24.3 Å². The second-order valence-electron chi connectivity index (χ2n) is 5.79. The van der Waals surface area contributed by atoms with Gasteiger partial charge in [-0.15, -0.1) is 0 Å². The smallest absolute Gasteiger partial charge is 0.317 e. The highest BCUT2D eigenvalue weighted by molar-refractivity contribution is 6.30. The van der Waals surface area contributed by atoms with Gasteiger partial charge in [-0.25, -0.2) is 4.79 Å². The Labute approximate surface area is 126 Å². The van der Waals surface area contributed by atoms with Crippen LogP contribution in [0.3, 0.4) is 0 Å². The number of hydrogen-bond donors (Lipinski definition) is 1. The van der Waals surface area contributed by atoms with Crippen molar-refractivity contribution in [2.24, 2.45) is 0 Å². The van der Waals surface area contributed by atoms with Gasteiger partial charge in [-0.1, -0.05) is 30.2 Å². The van der Waals surface area contributed by atoms with Gasteiger partial charge in [0.15, 0.2) is 0 Å². The van der Waals surface area contributed by atoms with Crippen molar-refractivity contribution in [1.29, 1.82) is 0 Å². The molecular formula is C16H23ClN2O. The Kier molecular flexibility index (Phi) is 5.30. The molecule has 0 aliphatic carbocycles. The molecule has 1 saturated heterocycles. The van der Waals surface area contributed by atoms with E-state index in [-0.39, 0.29) is 12.1 Å². The highest BCUT2D eigenvalue weighted by Crippen LogP contribution is 2.27. The molecule has 0 unspecified atom stereocenters. The van der Waals surface area contributed by atoms with Crippen LogP contribution < -0.4 is 5.32 Å². The number of urea groups is 1. The molecule has 1 fully saturated rings. The summed E-state index contributed by atoms with van der Waals surface area (Å²) >= 11 is 5.94. The zero-order chi connectivity index (χ0) is 14.5. The van der Waals surface area contributed by atoms with Crippen molar-refractivity contribution in [2.75, 3.05) is 13.1 Å². The summed E-state index contributed by atoms with van der Waals surface area (Å²) in [5.41, 5.74) is 1.28. The third-order valence-electron chi connectivity index (χ3n) is 3.71. The number of carbonyl (C=O) groups excluding carboxylic acids is 1. The number of hydrogen-bond acceptors (Lipinski definition) is 1. The van der Waals surface area contributed by atoms with Crippen LogP contribution in [0.1, 0.15) is 44.6 Å². The third-order valence-corrected chi connectivity index (χ3v) is 3.96. The Bertz CT molecular complexity index is 444. The summed E-state index contributed by atoms with van der Waals surface area (Å²) < 4.78 is 0. The van der Waals surface area contributed by atoms with E-state index < -0.39 is 0 Å². The lowest BCUT2D eigenvalue weighted by atomic mass is 9.94. The first-order chi connectivity index (χ1) is 9.56. The van der Waals surface area contributed by atoms with E-state index in [9.17, 15) is 4.79 Å². The number of halogens is 1. The maximum absolute atomic E-state index is 12.2. The van der Waals surface area contributed by atoms with Gasteiger partial charge in [-0.05, 0) is 44.4 Å². The maximum Gasteiger partial charge on any atom is 0.317 e. The van der Waals surface area contributed by atoms with Gasteiger partial charge in [-0.2, -0.15) is 0 Å². The molecule has 4 heteroatoms. The average Bonchev–Trinajstić information content (AvgIpc) is 2.64. The minimum absolute atomic E-state index is 0.0564. The summed E-state index contributed by atoms with van der Waals surface area (Å²) in [6, 6.07) is 8.26. The standard InChI is InChI=1S/C16H23ClN2O/c1-12(2)18-16(20)19-10-4-3-5-14(11-19)13-6-8-15(17)9-7-13/h6-9,12,14H,3-5,10-11H2,1-2H3,(H,18,20)/t14-/m0/s1. The predicted molar refractivity (Wildman–Crippen MR) is 83.3 cm³/mol. The van der Waals surface area contributed by atoms with Crippen molar-refractivity contribution in [3.8, 4) is 0 Å². The van der Waals surface area contributed by atoms with Crippen molar-refractivity contribution >= 4 is 17.6 Å². The SMILES string of the molecule is CC(C)NC(=O)N1CCCC[C@H](c2ccc(Cl)cc2)C1. The van der Waals surface area contributed by atoms with Gasteiger partial charge < -0.3 is 10.2 Å².